The third-order valence-corrected chi connectivity index (χ3v) is 4.74. The topological polar surface area (TPSA) is 0 Å². The van der Waals surface area contributed by atoms with Crippen LogP contribution in [0.25, 0.3) is 10.8 Å². The molecule has 0 heterocycles. The second kappa shape index (κ2) is 5.04. The van der Waals surface area contributed by atoms with Gasteiger partial charge in [0.25, 0.3) is 0 Å². The van der Waals surface area contributed by atoms with Gasteiger partial charge in [-0.1, -0.05) is 74.5 Å². The zero-order valence-corrected chi connectivity index (χ0v) is 13.3. The monoisotopic (exact) mass is 274 g/mol. The number of fused-ring (bicyclic) bond motifs is 1. The predicted octanol–water partition coefficient (Wildman–Crippen LogP) is 5.78. The van der Waals surface area contributed by atoms with E-state index in [0.717, 1.165) is 0 Å². The van der Waals surface area contributed by atoms with Crippen molar-refractivity contribution in [3.05, 3.63) is 82.9 Å². The van der Waals surface area contributed by atoms with Gasteiger partial charge in [0.05, 0.1) is 0 Å². The van der Waals surface area contributed by atoms with Crippen LogP contribution in [0.2, 0.25) is 0 Å². The Hall–Kier alpha value is -2.08. The van der Waals surface area contributed by atoms with Crippen molar-refractivity contribution in [2.75, 3.05) is 0 Å². The molecule has 0 aliphatic heterocycles. The minimum absolute atomic E-state index is 0.00301. The van der Waals surface area contributed by atoms with Crippen LogP contribution in [0.15, 0.2) is 60.7 Å². The molecule has 0 spiro atoms. The molecule has 21 heavy (non-hydrogen) atoms. The van der Waals surface area contributed by atoms with E-state index in [0.29, 0.717) is 0 Å². The van der Waals surface area contributed by atoms with E-state index in [9.17, 15) is 0 Å². The maximum Gasteiger partial charge on any atom is 0.0155 e. The van der Waals surface area contributed by atoms with Crippen LogP contribution >= 0.6 is 0 Å². The highest BCUT2D eigenvalue weighted by molar-refractivity contribution is 5.87. The zero-order chi connectivity index (χ0) is 15.0. The van der Waals surface area contributed by atoms with Crippen LogP contribution < -0.4 is 0 Å². The number of rotatable bonds is 2. The van der Waals surface area contributed by atoms with Gasteiger partial charge in [0.2, 0.25) is 0 Å². The Kier molecular flexibility index (Phi) is 3.33. The number of hydrogen-bond acceptors (Lipinski definition) is 0. The van der Waals surface area contributed by atoms with E-state index in [-0.39, 0.29) is 5.41 Å². The van der Waals surface area contributed by atoms with E-state index in [2.05, 4.69) is 88.4 Å². The number of hydrogen-bond donors (Lipinski definition) is 0. The second-order valence-corrected chi connectivity index (χ2v) is 6.40. The lowest BCUT2D eigenvalue weighted by atomic mass is 9.74. The van der Waals surface area contributed by atoms with Gasteiger partial charge in [0.15, 0.2) is 0 Å². The molecule has 106 valence electrons. The van der Waals surface area contributed by atoms with Crippen LogP contribution in [0.5, 0.6) is 0 Å². The highest BCUT2D eigenvalue weighted by Crippen LogP contribution is 2.37. The Labute approximate surface area is 127 Å². The van der Waals surface area contributed by atoms with Gasteiger partial charge in [-0.05, 0) is 46.9 Å². The van der Waals surface area contributed by atoms with Gasteiger partial charge in [0.1, 0.15) is 0 Å². The molecule has 0 N–H and O–H groups in total. The first-order valence-corrected chi connectivity index (χ1v) is 7.57. The molecule has 0 atom stereocenters. The Morgan fingerprint density at radius 2 is 1.29 bits per heavy atom. The SMILES string of the molecule is Cc1cccc(C(C)(C)c2cccc3ccccc23)c1C. The molecule has 0 unspecified atom stereocenters. The molecule has 3 aromatic rings. The van der Waals surface area contributed by atoms with Crippen molar-refractivity contribution in [1.29, 1.82) is 0 Å². The Balaban J connectivity index is 2.27. The largest absolute Gasteiger partial charge is 0.0617 e. The van der Waals surface area contributed by atoms with Crippen LogP contribution in [0.1, 0.15) is 36.1 Å². The third kappa shape index (κ3) is 2.25. The normalized spacial score (nSPS) is 11.8. The van der Waals surface area contributed by atoms with Crippen molar-refractivity contribution in [3.8, 4) is 0 Å². The van der Waals surface area contributed by atoms with Crippen molar-refractivity contribution in [2.45, 2.75) is 33.1 Å². The summed E-state index contributed by atoms with van der Waals surface area (Å²) < 4.78 is 0. The van der Waals surface area contributed by atoms with Gasteiger partial charge in [0, 0.05) is 5.41 Å². The van der Waals surface area contributed by atoms with Crippen LogP contribution in [0.4, 0.5) is 0 Å². The van der Waals surface area contributed by atoms with Gasteiger partial charge >= 0.3 is 0 Å². The molecule has 0 amide bonds. The minimum Gasteiger partial charge on any atom is -0.0617 e. The lowest BCUT2D eigenvalue weighted by Gasteiger charge is -2.30. The molecule has 0 saturated heterocycles. The Morgan fingerprint density at radius 3 is 2.10 bits per heavy atom. The zero-order valence-electron chi connectivity index (χ0n) is 13.3. The lowest BCUT2D eigenvalue weighted by molar-refractivity contribution is 0.641. The molecular weight excluding hydrogens is 252 g/mol. The Bertz CT molecular complexity index is 789. The summed E-state index contributed by atoms with van der Waals surface area (Å²) in [7, 11) is 0. The fourth-order valence-electron chi connectivity index (χ4n) is 3.34. The van der Waals surface area contributed by atoms with Crippen molar-refractivity contribution in [1.82, 2.24) is 0 Å². The smallest absolute Gasteiger partial charge is 0.0155 e. The fourth-order valence-corrected chi connectivity index (χ4v) is 3.34. The molecule has 0 fully saturated rings. The average molecular weight is 274 g/mol. The van der Waals surface area contributed by atoms with Crippen LogP contribution in [-0.2, 0) is 5.41 Å². The average Bonchev–Trinajstić information content (AvgIpc) is 2.49. The summed E-state index contributed by atoms with van der Waals surface area (Å²) in [6, 6.07) is 21.9. The minimum atomic E-state index is -0.00301. The lowest BCUT2D eigenvalue weighted by Crippen LogP contribution is -2.21. The maximum atomic E-state index is 2.33. The van der Waals surface area contributed by atoms with Crippen molar-refractivity contribution >= 4 is 10.8 Å². The highest BCUT2D eigenvalue weighted by Gasteiger charge is 2.26. The molecule has 0 aromatic heterocycles. The first-order chi connectivity index (χ1) is 10.0. The highest BCUT2D eigenvalue weighted by atomic mass is 14.3. The molecule has 3 aromatic carbocycles. The van der Waals surface area contributed by atoms with E-state index < -0.39 is 0 Å². The third-order valence-electron chi connectivity index (χ3n) is 4.74. The van der Waals surface area contributed by atoms with Crippen LogP contribution in [0, 0.1) is 13.8 Å². The van der Waals surface area contributed by atoms with E-state index in [1.165, 1.54) is 33.0 Å². The quantitative estimate of drug-likeness (QED) is 0.555. The summed E-state index contributed by atoms with van der Waals surface area (Å²) in [5.74, 6) is 0. The van der Waals surface area contributed by atoms with E-state index in [4.69, 9.17) is 0 Å². The van der Waals surface area contributed by atoms with Crippen molar-refractivity contribution in [3.63, 3.8) is 0 Å². The van der Waals surface area contributed by atoms with Gasteiger partial charge < -0.3 is 0 Å². The van der Waals surface area contributed by atoms with Crippen LogP contribution in [-0.4, -0.2) is 0 Å². The molecule has 0 bridgehead atoms. The van der Waals surface area contributed by atoms with E-state index in [1.54, 1.807) is 0 Å². The standard InChI is InChI=1S/C21H22/c1-15-9-7-13-19(16(15)2)21(3,4)20-14-8-11-17-10-5-6-12-18(17)20/h5-14H,1-4H3. The molecule has 0 saturated carbocycles. The molecule has 0 heteroatoms. The number of aryl methyl sites for hydroxylation is 1. The molecule has 0 radical (unpaired) electrons. The summed E-state index contributed by atoms with van der Waals surface area (Å²) in [6.45, 7) is 9.09. The second-order valence-electron chi connectivity index (χ2n) is 6.40. The van der Waals surface area contributed by atoms with E-state index in [1.807, 2.05) is 0 Å². The number of benzene rings is 3. The maximum absolute atomic E-state index is 2.33. The molecule has 0 aliphatic rings. The molecule has 3 rings (SSSR count). The van der Waals surface area contributed by atoms with Crippen molar-refractivity contribution in [2.24, 2.45) is 0 Å². The van der Waals surface area contributed by atoms with Gasteiger partial charge in [-0.3, -0.25) is 0 Å². The van der Waals surface area contributed by atoms with Gasteiger partial charge in [-0.2, -0.15) is 0 Å². The molecule has 0 aliphatic carbocycles. The predicted molar refractivity (Wildman–Crippen MR) is 92.0 cm³/mol. The van der Waals surface area contributed by atoms with Crippen molar-refractivity contribution < 1.29 is 0 Å². The summed E-state index contributed by atoms with van der Waals surface area (Å²) in [5, 5.41) is 2.67. The van der Waals surface area contributed by atoms with E-state index >= 15 is 0 Å². The molecule has 0 nitrogen and oxygen atoms in total. The summed E-state index contributed by atoms with van der Waals surface area (Å²) in [6.07, 6.45) is 0. The summed E-state index contributed by atoms with van der Waals surface area (Å²) >= 11 is 0. The summed E-state index contributed by atoms with van der Waals surface area (Å²) in [5.41, 5.74) is 5.57. The Morgan fingerprint density at radius 1 is 0.667 bits per heavy atom. The molecular formula is C21H22. The first-order valence-electron chi connectivity index (χ1n) is 7.57. The van der Waals surface area contributed by atoms with Gasteiger partial charge in [-0.25, -0.2) is 0 Å². The van der Waals surface area contributed by atoms with Gasteiger partial charge in [-0.15, -0.1) is 0 Å². The first kappa shape index (κ1) is 13.9. The van der Waals surface area contributed by atoms with Crippen LogP contribution in [0.3, 0.4) is 0 Å². The fraction of sp³-hybridized carbons (Fsp3) is 0.238. The summed E-state index contributed by atoms with van der Waals surface area (Å²) in [4.78, 5) is 0.